The Labute approximate surface area is 122 Å². The van der Waals surface area contributed by atoms with Crippen LogP contribution in [0.3, 0.4) is 0 Å². The third kappa shape index (κ3) is 2.79. The average molecular weight is 282 g/mol. The fourth-order valence-corrected chi connectivity index (χ4v) is 2.36. The minimum absolute atomic E-state index is 0.154. The number of nitrogens with zero attached hydrogens (tertiary/aromatic N) is 1. The van der Waals surface area contributed by atoms with E-state index in [1.807, 2.05) is 48.0 Å². The van der Waals surface area contributed by atoms with E-state index in [4.69, 9.17) is 0 Å². The monoisotopic (exact) mass is 282 g/mol. The van der Waals surface area contributed by atoms with Gasteiger partial charge in [0, 0.05) is 11.7 Å². The first-order valence-corrected chi connectivity index (χ1v) is 6.73. The Morgan fingerprint density at radius 2 is 2.00 bits per heavy atom. The molecule has 2 aromatic carbocycles. The summed E-state index contributed by atoms with van der Waals surface area (Å²) in [5.74, 6) is -0.674. The summed E-state index contributed by atoms with van der Waals surface area (Å²) >= 11 is 0. The van der Waals surface area contributed by atoms with Gasteiger partial charge in [-0.05, 0) is 42.1 Å². The first-order chi connectivity index (χ1) is 10.1. The third-order valence-electron chi connectivity index (χ3n) is 3.39. The number of hydrogen-bond donors (Lipinski definition) is 1. The number of aromatic nitrogens is 1. The van der Waals surface area contributed by atoms with Gasteiger partial charge in [-0.15, -0.1) is 0 Å². The number of rotatable bonds is 3. The molecule has 3 nitrogen and oxygen atoms in total. The van der Waals surface area contributed by atoms with Crippen LogP contribution in [0, 0.1) is 12.7 Å². The van der Waals surface area contributed by atoms with Crippen LogP contribution in [0.25, 0.3) is 10.9 Å². The van der Waals surface area contributed by atoms with E-state index in [1.165, 1.54) is 6.07 Å². The molecular weight excluding hydrogens is 267 g/mol. The number of fused-ring (bicyclic) bond motifs is 1. The zero-order chi connectivity index (χ0) is 14.8. The summed E-state index contributed by atoms with van der Waals surface area (Å²) in [6.45, 7) is 2.01. The highest BCUT2D eigenvalue weighted by Crippen LogP contribution is 2.17. The Balaban J connectivity index is 1.79. The Morgan fingerprint density at radius 1 is 1.19 bits per heavy atom. The summed E-state index contributed by atoms with van der Waals surface area (Å²) in [5, 5.41) is 3.70. The number of anilines is 1. The van der Waals surface area contributed by atoms with Crippen LogP contribution in [0.15, 0.2) is 54.7 Å². The number of benzene rings is 2. The standard InChI is InChI=1S/C17H15FN2O/c1-12-6-7-14(18)15(10-12)19-17(21)11-20-9-8-13-4-2-3-5-16(13)20/h2-10H,11H2,1H3,(H,19,21). The molecule has 1 amide bonds. The van der Waals surface area contributed by atoms with Crippen LogP contribution in [0.1, 0.15) is 5.56 Å². The summed E-state index contributed by atoms with van der Waals surface area (Å²) in [5.41, 5.74) is 2.10. The van der Waals surface area contributed by atoms with E-state index in [-0.39, 0.29) is 18.1 Å². The second kappa shape index (κ2) is 5.40. The summed E-state index contributed by atoms with van der Waals surface area (Å²) in [6.07, 6.45) is 1.86. The van der Waals surface area contributed by atoms with Crippen molar-refractivity contribution in [3.05, 3.63) is 66.1 Å². The van der Waals surface area contributed by atoms with Crippen molar-refractivity contribution in [3.8, 4) is 0 Å². The lowest BCUT2D eigenvalue weighted by Gasteiger charge is -2.09. The number of amides is 1. The van der Waals surface area contributed by atoms with Gasteiger partial charge in [-0.25, -0.2) is 4.39 Å². The lowest BCUT2D eigenvalue weighted by atomic mass is 10.2. The fourth-order valence-electron chi connectivity index (χ4n) is 2.36. The molecule has 0 atom stereocenters. The van der Waals surface area contributed by atoms with Crippen LogP contribution >= 0.6 is 0 Å². The largest absolute Gasteiger partial charge is 0.338 e. The predicted molar refractivity (Wildman–Crippen MR) is 81.7 cm³/mol. The zero-order valence-electron chi connectivity index (χ0n) is 11.6. The molecule has 0 radical (unpaired) electrons. The van der Waals surface area contributed by atoms with Crippen molar-refractivity contribution in [2.75, 3.05) is 5.32 Å². The summed E-state index contributed by atoms with van der Waals surface area (Å²) in [4.78, 5) is 12.1. The van der Waals surface area contributed by atoms with Crippen molar-refractivity contribution >= 4 is 22.5 Å². The number of carbonyl (C=O) groups excluding carboxylic acids is 1. The first-order valence-electron chi connectivity index (χ1n) is 6.73. The second-order valence-corrected chi connectivity index (χ2v) is 5.03. The van der Waals surface area contributed by atoms with E-state index in [9.17, 15) is 9.18 Å². The molecule has 0 saturated carbocycles. The Hall–Kier alpha value is -2.62. The SMILES string of the molecule is Cc1ccc(F)c(NC(=O)Cn2ccc3ccccc32)c1. The van der Waals surface area contributed by atoms with E-state index in [2.05, 4.69) is 5.32 Å². The molecule has 0 bridgehead atoms. The smallest absolute Gasteiger partial charge is 0.244 e. The Morgan fingerprint density at radius 3 is 2.86 bits per heavy atom. The van der Waals surface area contributed by atoms with Gasteiger partial charge in [0.05, 0.1) is 5.69 Å². The minimum Gasteiger partial charge on any atom is -0.338 e. The molecule has 0 aliphatic carbocycles. The third-order valence-corrected chi connectivity index (χ3v) is 3.39. The maximum atomic E-state index is 13.6. The number of para-hydroxylation sites is 1. The van der Waals surface area contributed by atoms with Gasteiger partial charge < -0.3 is 9.88 Å². The van der Waals surface area contributed by atoms with E-state index in [0.29, 0.717) is 0 Å². The van der Waals surface area contributed by atoms with E-state index < -0.39 is 5.82 Å². The summed E-state index contributed by atoms with van der Waals surface area (Å²) in [6, 6.07) is 14.4. The highest BCUT2D eigenvalue weighted by molar-refractivity contribution is 5.92. The number of aryl methyl sites for hydroxylation is 1. The van der Waals surface area contributed by atoms with Gasteiger partial charge in [-0.1, -0.05) is 24.3 Å². The number of carbonyl (C=O) groups is 1. The molecule has 4 heteroatoms. The molecule has 3 aromatic rings. The lowest BCUT2D eigenvalue weighted by molar-refractivity contribution is -0.116. The molecule has 0 saturated heterocycles. The molecule has 0 aliphatic rings. The number of halogens is 1. The molecule has 106 valence electrons. The summed E-state index contributed by atoms with van der Waals surface area (Å²) in [7, 11) is 0. The van der Waals surface area contributed by atoms with Gasteiger partial charge in [0.1, 0.15) is 12.4 Å². The van der Waals surface area contributed by atoms with Crippen molar-refractivity contribution < 1.29 is 9.18 Å². The van der Waals surface area contributed by atoms with Crippen LogP contribution in [-0.2, 0) is 11.3 Å². The molecule has 0 spiro atoms. The zero-order valence-corrected chi connectivity index (χ0v) is 11.6. The predicted octanol–water partition coefficient (Wildman–Crippen LogP) is 3.73. The van der Waals surface area contributed by atoms with Crippen LogP contribution in [0.5, 0.6) is 0 Å². The molecule has 21 heavy (non-hydrogen) atoms. The van der Waals surface area contributed by atoms with Crippen molar-refractivity contribution in [1.82, 2.24) is 4.57 Å². The van der Waals surface area contributed by atoms with Crippen molar-refractivity contribution in [2.45, 2.75) is 13.5 Å². The topological polar surface area (TPSA) is 34.0 Å². The van der Waals surface area contributed by atoms with Gasteiger partial charge in [0.2, 0.25) is 5.91 Å². The minimum atomic E-state index is -0.425. The fraction of sp³-hybridized carbons (Fsp3) is 0.118. The van der Waals surface area contributed by atoms with Crippen molar-refractivity contribution in [1.29, 1.82) is 0 Å². The molecule has 0 fully saturated rings. The van der Waals surface area contributed by atoms with Gasteiger partial charge in [-0.2, -0.15) is 0 Å². The van der Waals surface area contributed by atoms with Crippen LogP contribution < -0.4 is 5.32 Å². The maximum absolute atomic E-state index is 13.6. The quantitative estimate of drug-likeness (QED) is 0.780. The normalized spacial score (nSPS) is 10.8. The highest BCUT2D eigenvalue weighted by atomic mass is 19.1. The molecule has 3 rings (SSSR count). The van der Waals surface area contributed by atoms with Crippen molar-refractivity contribution in [2.24, 2.45) is 0 Å². The molecule has 0 unspecified atom stereocenters. The van der Waals surface area contributed by atoms with E-state index >= 15 is 0 Å². The maximum Gasteiger partial charge on any atom is 0.244 e. The van der Waals surface area contributed by atoms with Crippen LogP contribution in [-0.4, -0.2) is 10.5 Å². The van der Waals surface area contributed by atoms with Crippen LogP contribution in [0.4, 0.5) is 10.1 Å². The number of nitrogens with one attached hydrogen (secondary N) is 1. The van der Waals surface area contributed by atoms with E-state index in [0.717, 1.165) is 16.5 Å². The molecule has 1 heterocycles. The number of hydrogen-bond acceptors (Lipinski definition) is 1. The van der Waals surface area contributed by atoms with Crippen LogP contribution in [0.2, 0.25) is 0 Å². The van der Waals surface area contributed by atoms with Gasteiger partial charge in [-0.3, -0.25) is 4.79 Å². The van der Waals surface area contributed by atoms with Gasteiger partial charge in [0.25, 0.3) is 0 Å². The van der Waals surface area contributed by atoms with Crippen molar-refractivity contribution in [3.63, 3.8) is 0 Å². The Kier molecular flexibility index (Phi) is 3.44. The average Bonchev–Trinajstić information content (AvgIpc) is 2.86. The van der Waals surface area contributed by atoms with Gasteiger partial charge in [0.15, 0.2) is 0 Å². The molecular formula is C17H15FN2O. The lowest BCUT2D eigenvalue weighted by Crippen LogP contribution is -2.19. The summed E-state index contributed by atoms with van der Waals surface area (Å²) < 4.78 is 15.5. The second-order valence-electron chi connectivity index (χ2n) is 5.03. The molecule has 1 aromatic heterocycles. The first kappa shape index (κ1) is 13.4. The molecule has 1 N–H and O–H groups in total. The molecule has 0 aliphatic heterocycles. The van der Waals surface area contributed by atoms with Gasteiger partial charge >= 0.3 is 0 Å². The highest BCUT2D eigenvalue weighted by Gasteiger charge is 2.09. The Bertz CT molecular complexity index is 807. The van der Waals surface area contributed by atoms with E-state index in [1.54, 1.807) is 12.1 Å².